The molecule has 1 unspecified atom stereocenters. The Bertz CT molecular complexity index is 608. The maximum atomic E-state index is 5.67. The van der Waals surface area contributed by atoms with Gasteiger partial charge in [0.05, 0.1) is 6.04 Å². The zero-order valence-electron chi connectivity index (χ0n) is 9.17. The van der Waals surface area contributed by atoms with E-state index >= 15 is 0 Å². The second-order valence-electron chi connectivity index (χ2n) is 3.98. The summed E-state index contributed by atoms with van der Waals surface area (Å²) < 4.78 is 1.97. The molecule has 0 bridgehead atoms. The lowest BCUT2D eigenvalue weighted by Crippen LogP contribution is -2.05. The van der Waals surface area contributed by atoms with Crippen LogP contribution in [-0.2, 0) is 6.42 Å². The second-order valence-corrected chi connectivity index (χ2v) is 3.98. The first-order valence-electron chi connectivity index (χ1n) is 5.42. The van der Waals surface area contributed by atoms with Crippen molar-refractivity contribution >= 4 is 5.82 Å². The molecular weight excluding hydrogens is 214 g/mol. The van der Waals surface area contributed by atoms with E-state index in [0.717, 1.165) is 18.7 Å². The van der Waals surface area contributed by atoms with Crippen molar-refractivity contribution in [1.82, 2.24) is 19.7 Å². The van der Waals surface area contributed by atoms with Gasteiger partial charge in [-0.25, -0.2) is 4.98 Å². The van der Waals surface area contributed by atoms with Gasteiger partial charge < -0.3 is 5.73 Å². The monoisotopic (exact) mass is 225 g/mol. The first-order valence-corrected chi connectivity index (χ1v) is 5.42. The van der Waals surface area contributed by atoms with Gasteiger partial charge in [0, 0.05) is 6.42 Å². The Labute approximate surface area is 98.7 Å². The maximum Gasteiger partial charge on any atom is 0.183 e. The number of terminal acetylenes is 1. The van der Waals surface area contributed by atoms with E-state index in [1.807, 2.05) is 16.7 Å². The fourth-order valence-electron chi connectivity index (χ4n) is 2.13. The number of hydrogen-bond acceptors (Lipinski definition) is 4. The fraction of sp³-hybridized carbons (Fsp3) is 0.250. The summed E-state index contributed by atoms with van der Waals surface area (Å²) in [5, 5.41) is 8.28. The number of rotatable bonds is 1. The summed E-state index contributed by atoms with van der Waals surface area (Å²) in [7, 11) is 0. The third-order valence-corrected chi connectivity index (χ3v) is 2.91. The predicted molar refractivity (Wildman–Crippen MR) is 63.9 cm³/mol. The Kier molecular flexibility index (Phi) is 2.08. The average Bonchev–Trinajstić information content (AvgIpc) is 2.89. The Hall–Kier alpha value is -2.35. The molecule has 5 heteroatoms. The van der Waals surface area contributed by atoms with Gasteiger partial charge in [0.15, 0.2) is 5.82 Å². The van der Waals surface area contributed by atoms with Gasteiger partial charge in [0.25, 0.3) is 0 Å². The van der Waals surface area contributed by atoms with Crippen molar-refractivity contribution in [3.8, 4) is 23.9 Å². The van der Waals surface area contributed by atoms with Crippen molar-refractivity contribution in [2.45, 2.75) is 18.9 Å². The lowest BCUT2D eigenvalue weighted by molar-refractivity contribution is 0.664. The summed E-state index contributed by atoms with van der Waals surface area (Å²) in [5.74, 6) is 4.85. The van der Waals surface area contributed by atoms with Gasteiger partial charge >= 0.3 is 0 Å². The third kappa shape index (κ3) is 1.46. The van der Waals surface area contributed by atoms with Gasteiger partial charge in [0.2, 0.25) is 0 Å². The average molecular weight is 225 g/mol. The van der Waals surface area contributed by atoms with Crippen LogP contribution in [0.3, 0.4) is 0 Å². The summed E-state index contributed by atoms with van der Waals surface area (Å²) in [6.45, 7) is 0. The van der Waals surface area contributed by atoms with E-state index in [4.69, 9.17) is 12.2 Å². The number of fused-ring (bicyclic) bond motifs is 1. The first-order chi connectivity index (χ1) is 8.29. The molecule has 0 aliphatic carbocycles. The third-order valence-electron chi connectivity index (χ3n) is 2.91. The minimum atomic E-state index is 0.0261. The summed E-state index contributed by atoms with van der Waals surface area (Å²) in [4.78, 5) is 4.25. The van der Waals surface area contributed by atoms with E-state index in [1.165, 1.54) is 0 Å². The molecule has 0 aromatic carbocycles. The topological polar surface area (TPSA) is 69.6 Å². The van der Waals surface area contributed by atoms with E-state index < -0.39 is 0 Å². The molecule has 0 amide bonds. The Balaban J connectivity index is 2.15. The lowest BCUT2D eigenvalue weighted by atomic mass is 10.2. The highest BCUT2D eigenvalue weighted by Gasteiger charge is 2.26. The van der Waals surface area contributed by atoms with Gasteiger partial charge in [-0.15, -0.1) is 16.6 Å². The number of nitrogen functional groups attached to an aromatic ring is 1. The molecule has 2 N–H and O–H groups in total. The van der Waals surface area contributed by atoms with Crippen LogP contribution in [0.4, 0.5) is 5.82 Å². The first kappa shape index (κ1) is 9.85. The molecule has 1 aliphatic rings. The summed E-state index contributed by atoms with van der Waals surface area (Å²) in [6.07, 6.45) is 7.29. The van der Waals surface area contributed by atoms with Crippen molar-refractivity contribution < 1.29 is 0 Å². The summed E-state index contributed by atoms with van der Waals surface area (Å²) in [5.41, 5.74) is 6.38. The molecule has 84 valence electrons. The zero-order chi connectivity index (χ0) is 11.8. The van der Waals surface area contributed by atoms with Crippen molar-refractivity contribution in [3.63, 3.8) is 0 Å². The number of hydrogen-bond donors (Lipinski definition) is 1. The van der Waals surface area contributed by atoms with Gasteiger partial charge in [-0.1, -0.05) is 12.0 Å². The fourth-order valence-corrected chi connectivity index (χ4v) is 2.13. The van der Waals surface area contributed by atoms with Gasteiger partial charge in [0.1, 0.15) is 17.3 Å². The number of anilines is 1. The molecule has 2 aromatic heterocycles. The molecule has 5 nitrogen and oxygen atoms in total. The minimum absolute atomic E-state index is 0.0261. The number of aryl methyl sites for hydroxylation is 1. The highest BCUT2D eigenvalue weighted by atomic mass is 15.3. The van der Waals surface area contributed by atoms with Crippen LogP contribution in [0.5, 0.6) is 0 Å². The summed E-state index contributed by atoms with van der Waals surface area (Å²) in [6, 6.07) is 5.47. The minimum Gasteiger partial charge on any atom is -0.384 e. The normalized spacial score (nSPS) is 17.7. The lowest BCUT2D eigenvalue weighted by Gasteiger charge is -2.08. The van der Waals surface area contributed by atoms with E-state index in [9.17, 15) is 0 Å². The van der Waals surface area contributed by atoms with Crippen molar-refractivity contribution in [1.29, 1.82) is 0 Å². The van der Waals surface area contributed by atoms with Gasteiger partial charge in [-0.2, -0.15) is 0 Å². The molecule has 0 saturated heterocycles. The molecule has 2 aromatic rings. The number of aromatic nitrogens is 4. The van der Waals surface area contributed by atoms with Gasteiger partial charge in [-0.3, -0.25) is 4.57 Å². The van der Waals surface area contributed by atoms with Crippen LogP contribution in [0.1, 0.15) is 18.3 Å². The largest absolute Gasteiger partial charge is 0.384 e. The smallest absolute Gasteiger partial charge is 0.183 e. The van der Waals surface area contributed by atoms with E-state index in [-0.39, 0.29) is 6.04 Å². The molecule has 3 rings (SSSR count). The van der Waals surface area contributed by atoms with Crippen LogP contribution >= 0.6 is 0 Å². The van der Waals surface area contributed by atoms with E-state index in [0.29, 0.717) is 17.3 Å². The van der Waals surface area contributed by atoms with Crippen molar-refractivity contribution in [2.75, 3.05) is 5.73 Å². The van der Waals surface area contributed by atoms with Crippen molar-refractivity contribution in [2.24, 2.45) is 0 Å². The van der Waals surface area contributed by atoms with Crippen LogP contribution in [0.2, 0.25) is 0 Å². The molecule has 1 atom stereocenters. The van der Waals surface area contributed by atoms with Crippen LogP contribution in [0.15, 0.2) is 18.2 Å². The van der Waals surface area contributed by atoms with Crippen LogP contribution in [0.25, 0.3) is 11.5 Å². The Morgan fingerprint density at radius 3 is 3.06 bits per heavy atom. The summed E-state index contributed by atoms with van der Waals surface area (Å²) >= 11 is 0. The number of nitrogens with two attached hydrogens (primary N) is 1. The second kappa shape index (κ2) is 3.59. The molecule has 1 aliphatic heterocycles. The Morgan fingerprint density at radius 1 is 1.41 bits per heavy atom. The molecular formula is C12H11N5. The quantitative estimate of drug-likeness (QED) is 0.736. The number of nitrogens with zero attached hydrogens (tertiary/aromatic N) is 4. The molecule has 0 saturated carbocycles. The van der Waals surface area contributed by atoms with Crippen LogP contribution < -0.4 is 5.73 Å². The van der Waals surface area contributed by atoms with Crippen LogP contribution in [0, 0.1) is 12.3 Å². The van der Waals surface area contributed by atoms with Crippen molar-refractivity contribution in [3.05, 3.63) is 24.0 Å². The van der Waals surface area contributed by atoms with E-state index in [1.54, 1.807) is 6.07 Å². The Morgan fingerprint density at radius 2 is 2.29 bits per heavy atom. The highest BCUT2D eigenvalue weighted by molar-refractivity contribution is 5.53. The molecule has 0 radical (unpaired) electrons. The van der Waals surface area contributed by atoms with Crippen LogP contribution in [-0.4, -0.2) is 19.7 Å². The van der Waals surface area contributed by atoms with Gasteiger partial charge in [-0.05, 0) is 18.6 Å². The standard InChI is InChI=1S/C12H11N5/c1-2-8-6-7-11-15-16-12(17(8)11)9-4-3-5-10(13)14-9/h1,3-5,8H,6-7H2,(H2,13,14). The molecule has 0 spiro atoms. The maximum absolute atomic E-state index is 5.67. The molecule has 3 heterocycles. The molecule has 17 heavy (non-hydrogen) atoms. The highest BCUT2D eigenvalue weighted by Crippen LogP contribution is 2.29. The molecule has 0 fully saturated rings. The number of pyridine rings is 1. The predicted octanol–water partition coefficient (Wildman–Crippen LogP) is 1.04. The van der Waals surface area contributed by atoms with E-state index in [2.05, 4.69) is 21.1 Å². The SMILES string of the molecule is C#CC1CCc2nnc(-c3cccc(N)n3)n21. The zero-order valence-corrected chi connectivity index (χ0v) is 9.17.